The van der Waals surface area contributed by atoms with Crippen molar-refractivity contribution >= 4 is 17.6 Å². The third kappa shape index (κ3) is 4.56. The molecule has 0 aliphatic carbocycles. The fourth-order valence-corrected chi connectivity index (χ4v) is 2.14. The molecule has 0 radical (unpaired) electrons. The van der Waals surface area contributed by atoms with Crippen LogP contribution in [0.4, 0.5) is 0 Å². The van der Waals surface area contributed by atoms with Crippen LogP contribution in [0.2, 0.25) is 5.02 Å². The van der Waals surface area contributed by atoms with Crippen molar-refractivity contribution in [2.24, 2.45) is 10.7 Å². The van der Waals surface area contributed by atoms with Crippen LogP contribution >= 0.6 is 11.6 Å². The fraction of sp³-hybridized carbons (Fsp3) is 0.400. The number of nitrogens with two attached hydrogens (primary N) is 1. The fourth-order valence-electron chi connectivity index (χ4n) is 1.85. The quantitative estimate of drug-likeness (QED) is 0.509. The molecule has 0 saturated carbocycles. The molecule has 6 heteroatoms. The molecule has 1 heterocycles. The molecule has 0 bridgehead atoms. The number of rotatable bonds is 4. The molecule has 1 aromatic rings. The van der Waals surface area contributed by atoms with Crippen molar-refractivity contribution < 1.29 is 9.47 Å². The van der Waals surface area contributed by atoms with Gasteiger partial charge in [0.25, 0.3) is 0 Å². The van der Waals surface area contributed by atoms with Gasteiger partial charge in [0.05, 0.1) is 24.8 Å². The first-order valence-electron chi connectivity index (χ1n) is 6.82. The maximum Gasteiger partial charge on any atom is 0.189 e. The first-order valence-corrected chi connectivity index (χ1v) is 7.20. The Kier molecular flexibility index (Phi) is 5.33. The van der Waals surface area contributed by atoms with Crippen molar-refractivity contribution in [2.45, 2.75) is 19.9 Å². The summed E-state index contributed by atoms with van der Waals surface area (Å²) in [6.45, 7) is 7.98. The minimum absolute atomic E-state index is 0.376. The minimum Gasteiger partial charge on any atom is -0.489 e. The van der Waals surface area contributed by atoms with Crippen molar-refractivity contribution in [2.75, 3.05) is 19.8 Å². The lowest BCUT2D eigenvalue weighted by Gasteiger charge is -2.11. The minimum atomic E-state index is 0.376. The van der Waals surface area contributed by atoms with Gasteiger partial charge < -0.3 is 20.5 Å². The molecule has 3 N–H and O–H groups in total. The average Bonchev–Trinajstić information content (AvgIpc) is 2.68. The summed E-state index contributed by atoms with van der Waals surface area (Å²) in [6.07, 6.45) is 0.844. The van der Waals surface area contributed by atoms with Gasteiger partial charge in [-0.05, 0) is 24.6 Å². The smallest absolute Gasteiger partial charge is 0.189 e. The molecular formula is C15H20ClN3O2. The van der Waals surface area contributed by atoms with Crippen LogP contribution in [0.15, 0.2) is 29.3 Å². The van der Waals surface area contributed by atoms with Crippen molar-refractivity contribution in [3.8, 4) is 11.5 Å². The van der Waals surface area contributed by atoms with E-state index in [9.17, 15) is 0 Å². The second-order valence-electron chi connectivity index (χ2n) is 4.97. The van der Waals surface area contributed by atoms with Crippen LogP contribution in [-0.4, -0.2) is 25.7 Å². The molecule has 2 rings (SSSR count). The number of hydrogen-bond acceptors (Lipinski definition) is 3. The SMILES string of the molecule is C=C(C)CNC(N)=NCc1cc(Cl)c2c(c1)OCCCO2. The first-order chi connectivity index (χ1) is 10.1. The van der Waals surface area contributed by atoms with Gasteiger partial charge in [-0.3, -0.25) is 0 Å². The Morgan fingerprint density at radius 2 is 2.19 bits per heavy atom. The molecule has 0 saturated heterocycles. The average molecular weight is 310 g/mol. The van der Waals surface area contributed by atoms with E-state index in [4.69, 9.17) is 26.8 Å². The molecule has 1 aromatic carbocycles. The lowest BCUT2D eigenvalue weighted by molar-refractivity contribution is 0.297. The summed E-state index contributed by atoms with van der Waals surface area (Å²) in [6, 6.07) is 3.71. The van der Waals surface area contributed by atoms with E-state index in [0.29, 0.717) is 48.8 Å². The predicted molar refractivity (Wildman–Crippen MR) is 85.2 cm³/mol. The zero-order chi connectivity index (χ0) is 15.2. The lowest BCUT2D eigenvalue weighted by atomic mass is 10.2. The normalized spacial score (nSPS) is 14.5. The molecule has 5 nitrogen and oxygen atoms in total. The zero-order valence-corrected chi connectivity index (χ0v) is 12.9. The number of hydrogen-bond donors (Lipinski definition) is 2. The van der Waals surface area contributed by atoms with Crippen LogP contribution in [0, 0.1) is 0 Å². The van der Waals surface area contributed by atoms with Gasteiger partial charge in [-0.2, -0.15) is 0 Å². The number of nitrogens with one attached hydrogen (secondary N) is 1. The van der Waals surface area contributed by atoms with Gasteiger partial charge in [0.2, 0.25) is 0 Å². The van der Waals surface area contributed by atoms with E-state index in [0.717, 1.165) is 17.6 Å². The van der Waals surface area contributed by atoms with Crippen LogP contribution in [-0.2, 0) is 6.54 Å². The maximum absolute atomic E-state index is 6.23. The molecule has 21 heavy (non-hydrogen) atoms. The summed E-state index contributed by atoms with van der Waals surface area (Å²) in [5, 5.41) is 3.51. The molecule has 1 aliphatic heterocycles. The van der Waals surface area contributed by atoms with Crippen LogP contribution < -0.4 is 20.5 Å². The topological polar surface area (TPSA) is 68.9 Å². The van der Waals surface area contributed by atoms with Crippen LogP contribution in [0.3, 0.4) is 0 Å². The van der Waals surface area contributed by atoms with Gasteiger partial charge in [-0.1, -0.05) is 23.8 Å². The number of halogens is 1. The molecule has 1 aliphatic rings. The van der Waals surface area contributed by atoms with E-state index in [2.05, 4.69) is 16.9 Å². The van der Waals surface area contributed by atoms with Crippen molar-refractivity contribution in [3.63, 3.8) is 0 Å². The van der Waals surface area contributed by atoms with E-state index in [1.165, 1.54) is 0 Å². The standard InChI is InChI=1S/C15H20ClN3O2/c1-10(2)8-18-15(17)19-9-11-6-12(16)14-13(7-11)20-4-3-5-21-14/h6-7H,1,3-5,8-9H2,2H3,(H3,17,18,19). The number of benzene rings is 1. The van der Waals surface area contributed by atoms with Crippen LogP contribution in [0.1, 0.15) is 18.9 Å². The zero-order valence-electron chi connectivity index (χ0n) is 12.1. The van der Waals surface area contributed by atoms with Gasteiger partial charge in [0.15, 0.2) is 17.5 Å². The number of nitrogens with zero attached hydrogens (tertiary/aromatic N) is 1. The van der Waals surface area contributed by atoms with E-state index in [-0.39, 0.29) is 0 Å². The Morgan fingerprint density at radius 1 is 1.43 bits per heavy atom. The van der Waals surface area contributed by atoms with E-state index < -0.39 is 0 Å². The third-order valence-electron chi connectivity index (χ3n) is 2.87. The van der Waals surface area contributed by atoms with Crippen LogP contribution in [0.5, 0.6) is 11.5 Å². The van der Waals surface area contributed by atoms with E-state index in [1.54, 1.807) is 0 Å². The molecular weight excluding hydrogens is 290 g/mol. The second-order valence-corrected chi connectivity index (χ2v) is 5.37. The molecule has 0 fully saturated rings. The maximum atomic E-state index is 6.23. The van der Waals surface area contributed by atoms with Gasteiger partial charge >= 0.3 is 0 Å². The van der Waals surface area contributed by atoms with E-state index >= 15 is 0 Å². The molecule has 0 aromatic heterocycles. The van der Waals surface area contributed by atoms with Gasteiger partial charge in [0, 0.05) is 13.0 Å². The number of aliphatic imine (C=N–C) groups is 1. The Labute approximate surface area is 129 Å². The molecule has 0 unspecified atom stereocenters. The van der Waals surface area contributed by atoms with Gasteiger partial charge in [-0.25, -0.2) is 4.99 Å². The number of ether oxygens (including phenoxy) is 2. The largest absolute Gasteiger partial charge is 0.489 e. The highest BCUT2D eigenvalue weighted by molar-refractivity contribution is 6.32. The van der Waals surface area contributed by atoms with Crippen molar-refractivity contribution in [1.82, 2.24) is 5.32 Å². The van der Waals surface area contributed by atoms with Crippen molar-refractivity contribution in [3.05, 3.63) is 34.9 Å². The Hall–Kier alpha value is -1.88. The molecule has 0 atom stereocenters. The van der Waals surface area contributed by atoms with Crippen molar-refractivity contribution in [1.29, 1.82) is 0 Å². The number of fused-ring (bicyclic) bond motifs is 1. The monoisotopic (exact) mass is 309 g/mol. The lowest BCUT2D eigenvalue weighted by Crippen LogP contribution is -2.32. The summed E-state index contributed by atoms with van der Waals surface area (Å²) in [5.74, 6) is 1.65. The van der Waals surface area contributed by atoms with Gasteiger partial charge in [-0.15, -0.1) is 0 Å². The summed E-state index contributed by atoms with van der Waals surface area (Å²) >= 11 is 6.23. The Balaban J connectivity index is 2.07. The second kappa shape index (κ2) is 7.22. The Morgan fingerprint density at radius 3 is 2.95 bits per heavy atom. The Bertz CT molecular complexity index is 558. The molecule has 0 amide bonds. The highest BCUT2D eigenvalue weighted by Crippen LogP contribution is 2.38. The summed E-state index contributed by atoms with van der Waals surface area (Å²) in [5.41, 5.74) is 7.69. The third-order valence-corrected chi connectivity index (χ3v) is 3.15. The number of guanidine groups is 1. The van der Waals surface area contributed by atoms with E-state index in [1.807, 2.05) is 19.1 Å². The van der Waals surface area contributed by atoms with Gasteiger partial charge in [0.1, 0.15) is 0 Å². The highest BCUT2D eigenvalue weighted by atomic mass is 35.5. The van der Waals surface area contributed by atoms with Crippen LogP contribution in [0.25, 0.3) is 0 Å². The summed E-state index contributed by atoms with van der Waals surface area (Å²) in [7, 11) is 0. The predicted octanol–water partition coefficient (Wildman–Crippen LogP) is 2.48. The molecule has 114 valence electrons. The summed E-state index contributed by atoms with van der Waals surface area (Å²) in [4.78, 5) is 4.27. The molecule has 0 spiro atoms. The summed E-state index contributed by atoms with van der Waals surface area (Å²) < 4.78 is 11.2. The highest BCUT2D eigenvalue weighted by Gasteiger charge is 2.15. The first kappa shape index (κ1) is 15.5.